The Morgan fingerprint density at radius 2 is 1.67 bits per heavy atom. The van der Waals surface area contributed by atoms with E-state index in [1.54, 1.807) is 21.3 Å². The lowest BCUT2D eigenvalue weighted by Crippen LogP contribution is -2.38. The summed E-state index contributed by atoms with van der Waals surface area (Å²) in [5.74, 6) is 4.29. The Labute approximate surface area is 177 Å². The fourth-order valence-electron chi connectivity index (χ4n) is 3.14. The van der Waals surface area contributed by atoms with Gasteiger partial charge in [0.1, 0.15) is 5.75 Å². The monoisotopic (exact) mass is 415 g/mol. The summed E-state index contributed by atoms with van der Waals surface area (Å²) in [5.41, 5.74) is 2.08. The highest BCUT2D eigenvalue weighted by atomic mass is 16.7. The van der Waals surface area contributed by atoms with Crippen molar-refractivity contribution in [3.8, 4) is 28.7 Å². The number of hydrogen-bond acceptors (Lipinski definition) is 6. The molecule has 0 saturated heterocycles. The summed E-state index contributed by atoms with van der Waals surface area (Å²) in [6.45, 7) is 4.25. The normalized spacial score (nSPS) is 12.5. The van der Waals surface area contributed by atoms with Gasteiger partial charge in [-0.05, 0) is 37.1 Å². The summed E-state index contributed by atoms with van der Waals surface area (Å²) in [4.78, 5) is 4.69. The smallest absolute Gasteiger partial charge is 0.231 e. The third-order valence-corrected chi connectivity index (χ3v) is 4.68. The number of rotatable bonds is 9. The van der Waals surface area contributed by atoms with Crippen LogP contribution >= 0.6 is 0 Å². The second kappa shape index (κ2) is 10.5. The molecule has 1 aliphatic heterocycles. The van der Waals surface area contributed by atoms with Crippen molar-refractivity contribution in [2.75, 3.05) is 41.2 Å². The quantitative estimate of drug-likeness (QED) is 0.481. The fourth-order valence-corrected chi connectivity index (χ4v) is 3.14. The molecule has 1 aliphatic rings. The molecule has 0 spiro atoms. The van der Waals surface area contributed by atoms with Crippen LogP contribution in [0.5, 0.6) is 28.7 Å². The van der Waals surface area contributed by atoms with Gasteiger partial charge >= 0.3 is 0 Å². The molecule has 2 aromatic rings. The lowest BCUT2D eigenvalue weighted by Gasteiger charge is -2.14. The number of ether oxygens (including phenoxy) is 5. The topological polar surface area (TPSA) is 82.6 Å². The van der Waals surface area contributed by atoms with Crippen LogP contribution in [0, 0.1) is 0 Å². The van der Waals surface area contributed by atoms with E-state index in [0.717, 1.165) is 42.5 Å². The summed E-state index contributed by atoms with van der Waals surface area (Å²) in [5, 5.41) is 6.63. The lowest BCUT2D eigenvalue weighted by molar-refractivity contribution is 0.174. The molecule has 0 saturated carbocycles. The number of guanidine groups is 1. The Hall–Kier alpha value is -3.29. The van der Waals surface area contributed by atoms with Crippen LogP contribution in [0.2, 0.25) is 0 Å². The average Bonchev–Trinajstić information content (AvgIpc) is 3.24. The molecule has 30 heavy (non-hydrogen) atoms. The zero-order valence-electron chi connectivity index (χ0n) is 17.9. The van der Waals surface area contributed by atoms with Gasteiger partial charge in [0.15, 0.2) is 29.0 Å². The molecule has 162 valence electrons. The Morgan fingerprint density at radius 1 is 0.933 bits per heavy atom. The zero-order chi connectivity index (χ0) is 21.3. The molecular weight excluding hydrogens is 386 g/mol. The average molecular weight is 415 g/mol. The van der Waals surface area contributed by atoms with Crippen molar-refractivity contribution in [1.29, 1.82) is 0 Å². The molecular formula is C22H29N3O5. The number of fused-ring (bicyclic) bond motifs is 1. The van der Waals surface area contributed by atoms with Gasteiger partial charge < -0.3 is 34.3 Å². The Balaban J connectivity index is 1.64. The van der Waals surface area contributed by atoms with Gasteiger partial charge in [0.05, 0.1) is 27.9 Å². The summed E-state index contributed by atoms with van der Waals surface area (Å²) < 4.78 is 27.0. The van der Waals surface area contributed by atoms with Gasteiger partial charge in [-0.2, -0.15) is 0 Å². The van der Waals surface area contributed by atoms with Crippen molar-refractivity contribution in [2.45, 2.75) is 19.9 Å². The zero-order valence-corrected chi connectivity index (χ0v) is 17.9. The minimum Gasteiger partial charge on any atom is -0.496 e. The van der Waals surface area contributed by atoms with Gasteiger partial charge in [0, 0.05) is 24.7 Å². The summed E-state index contributed by atoms with van der Waals surface area (Å²) >= 11 is 0. The van der Waals surface area contributed by atoms with Gasteiger partial charge in [-0.25, -0.2) is 4.99 Å². The van der Waals surface area contributed by atoms with Crippen molar-refractivity contribution in [1.82, 2.24) is 10.6 Å². The van der Waals surface area contributed by atoms with Gasteiger partial charge in [-0.3, -0.25) is 0 Å². The highest BCUT2D eigenvalue weighted by Crippen LogP contribution is 2.35. The molecule has 8 heteroatoms. The number of aliphatic imine (C=N–C) groups is 1. The van der Waals surface area contributed by atoms with Crippen LogP contribution in [0.3, 0.4) is 0 Å². The van der Waals surface area contributed by atoms with Crippen LogP contribution in [-0.2, 0) is 13.0 Å². The predicted octanol–water partition coefficient (Wildman–Crippen LogP) is 2.74. The van der Waals surface area contributed by atoms with E-state index in [4.69, 9.17) is 23.7 Å². The molecule has 0 aromatic heterocycles. The lowest BCUT2D eigenvalue weighted by atomic mass is 10.1. The molecule has 0 bridgehead atoms. The first-order valence-electron chi connectivity index (χ1n) is 9.88. The minimum absolute atomic E-state index is 0.286. The molecule has 0 fully saturated rings. The minimum atomic E-state index is 0.286. The van der Waals surface area contributed by atoms with Crippen LogP contribution in [0.25, 0.3) is 0 Å². The maximum Gasteiger partial charge on any atom is 0.231 e. The van der Waals surface area contributed by atoms with E-state index in [1.807, 2.05) is 37.3 Å². The molecule has 0 radical (unpaired) electrons. The molecule has 2 aromatic carbocycles. The summed E-state index contributed by atoms with van der Waals surface area (Å²) in [6.07, 6.45) is 0.834. The third-order valence-electron chi connectivity index (χ3n) is 4.68. The van der Waals surface area contributed by atoms with E-state index < -0.39 is 0 Å². The number of nitrogens with one attached hydrogen (secondary N) is 2. The highest BCUT2D eigenvalue weighted by Gasteiger charge is 2.14. The maximum absolute atomic E-state index is 5.49. The number of benzene rings is 2. The Morgan fingerprint density at radius 3 is 2.40 bits per heavy atom. The van der Waals surface area contributed by atoms with Crippen LogP contribution in [-0.4, -0.2) is 47.2 Å². The van der Waals surface area contributed by atoms with Gasteiger partial charge in [-0.15, -0.1) is 0 Å². The van der Waals surface area contributed by atoms with Crippen molar-refractivity contribution < 1.29 is 23.7 Å². The molecule has 0 amide bonds. The van der Waals surface area contributed by atoms with Gasteiger partial charge in [0.25, 0.3) is 0 Å². The van der Waals surface area contributed by atoms with E-state index in [1.165, 1.54) is 5.56 Å². The highest BCUT2D eigenvalue weighted by molar-refractivity contribution is 5.79. The van der Waals surface area contributed by atoms with E-state index in [-0.39, 0.29) is 6.79 Å². The van der Waals surface area contributed by atoms with Crippen LogP contribution in [0.1, 0.15) is 18.1 Å². The van der Waals surface area contributed by atoms with E-state index in [0.29, 0.717) is 23.8 Å². The summed E-state index contributed by atoms with van der Waals surface area (Å²) in [6, 6.07) is 9.71. The molecule has 8 nitrogen and oxygen atoms in total. The Kier molecular flexibility index (Phi) is 7.48. The molecule has 0 aliphatic carbocycles. The number of hydrogen-bond donors (Lipinski definition) is 2. The van der Waals surface area contributed by atoms with Crippen LogP contribution in [0.4, 0.5) is 0 Å². The maximum atomic E-state index is 5.49. The second-order valence-electron chi connectivity index (χ2n) is 6.58. The predicted molar refractivity (Wildman–Crippen MR) is 115 cm³/mol. The largest absolute Gasteiger partial charge is 0.496 e. The van der Waals surface area contributed by atoms with E-state index in [2.05, 4.69) is 15.6 Å². The molecule has 0 unspecified atom stereocenters. The number of methoxy groups -OCH3 is 3. The first-order chi connectivity index (χ1) is 14.7. The first kappa shape index (κ1) is 21.4. The molecule has 3 rings (SSSR count). The third kappa shape index (κ3) is 5.20. The standard InChI is InChI=1S/C22H29N3O5/c1-5-23-22(24-9-8-15-6-7-17-21(10-15)30-14-29-17)25-13-16-11-19(27-3)20(28-4)12-18(16)26-2/h6-7,10-12H,5,8-9,13-14H2,1-4H3,(H2,23,24,25). The van der Waals surface area contributed by atoms with Crippen LogP contribution in [0.15, 0.2) is 35.3 Å². The van der Waals surface area contributed by atoms with Crippen molar-refractivity contribution in [2.24, 2.45) is 4.99 Å². The van der Waals surface area contributed by atoms with Crippen LogP contribution < -0.4 is 34.3 Å². The van der Waals surface area contributed by atoms with Gasteiger partial charge in [0.2, 0.25) is 6.79 Å². The van der Waals surface area contributed by atoms with Crippen molar-refractivity contribution >= 4 is 5.96 Å². The first-order valence-corrected chi connectivity index (χ1v) is 9.88. The van der Waals surface area contributed by atoms with E-state index in [9.17, 15) is 0 Å². The van der Waals surface area contributed by atoms with Gasteiger partial charge in [-0.1, -0.05) is 6.07 Å². The molecule has 2 N–H and O–H groups in total. The van der Waals surface area contributed by atoms with Crippen molar-refractivity contribution in [3.05, 3.63) is 41.5 Å². The Bertz CT molecular complexity index is 885. The number of nitrogens with zero attached hydrogens (tertiary/aromatic N) is 1. The molecule has 0 atom stereocenters. The van der Waals surface area contributed by atoms with Crippen molar-refractivity contribution in [3.63, 3.8) is 0 Å². The fraction of sp³-hybridized carbons (Fsp3) is 0.409. The summed E-state index contributed by atoms with van der Waals surface area (Å²) in [7, 11) is 4.84. The van der Waals surface area contributed by atoms with E-state index >= 15 is 0 Å². The second-order valence-corrected chi connectivity index (χ2v) is 6.58. The molecule has 1 heterocycles. The SMILES string of the molecule is CCNC(=NCc1cc(OC)c(OC)cc1OC)NCCc1ccc2c(c1)OCO2.